The average Bonchev–Trinajstić information content (AvgIpc) is 3.00. The van der Waals surface area contributed by atoms with Crippen LogP contribution in [-0.2, 0) is 14.8 Å². The van der Waals surface area contributed by atoms with Crippen molar-refractivity contribution in [3.8, 4) is 0 Å². The Kier molecular flexibility index (Phi) is 6.42. The Morgan fingerprint density at radius 2 is 1.96 bits per heavy atom. The van der Waals surface area contributed by atoms with Crippen molar-refractivity contribution in [1.82, 2.24) is 10.2 Å². The van der Waals surface area contributed by atoms with Crippen LogP contribution in [0, 0.1) is 6.92 Å². The van der Waals surface area contributed by atoms with Crippen LogP contribution in [-0.4, -0.2) is 43.1 Å². The number of thioether (sulfide) groups is 1. The average molecular weight is 401 g/mol. The van der Waals surface area contributed by atoms with E-state index in [0.717, 1.165) is 20.5 Å². The molecule has 0 fully saturated rings. The highest BCUT2D eigenvalue weighted by atomic mass is 32.2. The number of amides is 1. The topological polar surface area (TPSA) is 92.3 Å². The molecule has 136 valence electrons. The zero-order valence-electron chi connectivity index (χ0n) is 14.4. The van der Waals surface area contributed by atoms with Gasteiger partial charge in [0.25, 0.3) is 0 Å². The number of hydrogen-bond donors (Lipinski definition) is 1. The molecule has 1 heterocycles. The summed E-state index contributed by atoms with van der Waals surface area (Å²) in [5.74, 6) is -0.433. The van der Waals surface area contributed by atoms with Gasteiger partial charge in [0.05, 0.1) is 11.9 Å². The van der Waals surface area contributed by atoms with E-state index in [1.165, 1.54) is 23.1 Å². The molecule has 1 N–H and O–H groups in total. The summed E-state index contributed by atoms with van der Waals surface area (Å²) in [6.07, 6.45) is 3.28. The molecule has 7 nitrogen and oxygen atoms in total. The minimum absolute atomic E-state index is 0.320. The number of hydrogen-bond acceptors (Lipinski definition) is 7. The molecule has 2 aromatic rings. The number of nitrogens with zero attached hydrogens (tertiary/aromatic N) is 3. The summed E-state index contributed by atoms with van der Waals surface area (Å²) >= 11 is 2.67. The van der Waals surface area contributed by atoms with Crippen molar-refractivity contribution >= 4 is 49.8 Å². The van der Waals surface area contributed by atoms with Crippen LogP contribution in [0.15, 0.2) is 28.6 Å². The van der Waals surface area contributed by atoms with Crippen LogP contribution in [0.1, 0.15) is 18.9 Å². The molecule has 0 aliphatic carbocycles. The van der Waals surface area contributed by atoms with Gasteiger partial charge in [0.1, 0.15) is 6.04 Å². The summed E-state index contributed by atoms with van der Waals surface area (Å²) in [6, 6.07) is 6.15. The summed E-state index contributed by atoms with van der Waals surface area (Å²) < 4.78 is 26.6. The maximum absolute atomic E-state index is 12.7. The van der Waals surface area contributed by atoms with Crippen LogP contribution in [0.4, 0.5) is 10.8 Å². The lowest BCUT2D eigenvalue weighted by Gasteiger charge is -2.29. The molecule has 1 amide bonds. The number of anilines is 2. The second-order valence-corrected chi connectivity index (χ2v) is 9.28. The molecule has 0 aliphatic heterocycles. The number of sulfonamides is 1. The summed E-state index contributed by atoms with van der Waals surface area (Å²) in [7, 11) is -3.64. The van der Waals surface area contributed by atoms with Gasteiger partial charge in [-0.05, 0) is 31.7 Å². The first-order valence-electron chi connectivity index (χ1n) is 7.50. The van der Waals surface area contributed by atoms with E-state index < -0.39 is 22.0 Å². The van der Waals surface area contributed by atoms with Crippen LogP contribution < -0.4 is 9.62 Å². The molecule has 1 unspecified atom stereocenters. The molecule has 0 bridgehead atoms. The van der Waals surface area contributed by atoms with Crippen LogP contribution >= 0.6 is 23.1 Å². The van der Waals surface area contributed by atoms with Gasteiger partial charge in [0, 0.05) is 0 Å². The highest BCUT2D eigenvalue weighted by molar-refractivity contribution is 8.00. The number of benzene rings is 1. The van der Waals surface area contributed by atoms with Crippen molar-refractivity contribution in [2.45, 2.75) is 30.6 Å². The largest absolute Gasteiger partial charge is 0.299 e. The Morgan fingerprint density at radius 1 is 1.32 bits per heavy atom. The number of rotatable bonds is 7. The third-order valence-corrected chi connectivity index (χ3v) is 6.42. The summed E-state index contributed by atoms with van der Waals surface area (Å²) in [5.41, 5.74) is 1.46. The van der Waals surface area contributed by atoms with Crippen molar-refractivity contribution in [2.75, 3.05) is 22.1 Å². The maximum atomic E-state index is 12.7. The van der Waals surface area contributed by atoms with Gasteiger partial charge in [0.15, 0.2) is 4.34 Å². The van der Waals surface area contributed by atoms with E-state index in [4.69, 9.17) is 0 Å². The first-order chi connectivity index (χ1) is 11.8. The minimum atomic E-state index is -3.64. The molecule has 0 radical (unpaired) electrons. The van der Waals surface area contributed by atoms with Crippen molar-refractivity contribution in [3.05, 3.63) is 29.8 Å². The predicted octanol–water partition coefficient (Wildman–Crippen LogP) is 2.75. The van der Waals surface area contributed by atoms with Crippen molar-refractivity contribution in [2.24, 2.45) is 0 Å². The van der Waals surface area contributed by atoms with Gasteiger partial charge in [-0.2, -0.15) is 0 Å². The fraction of sp³-hybridized carbons (Fsp3) is 0.400. The van der Waals surface area contributed by atoms with Crippen LogP contribution in [0.2, 0.25) is 0 Å². The van der Waals surface area contributed by atoms with E-state index in [9.17, 15) is 13.2 Å². The van der Waals surface area contributed by atoms with Crippen molar-refractivity contribution < 1.29 is 13.2 Å². The van der Waals surface area contributed by atoms with E-state index in [1.807, 2.05) is 25.3 Å². The monoisotopic (exact) mass is 400 g/mol. The summed E-state index contributed by atoms with van der Waals surface area (Å²) in [6.45, 7) is 3.68. The molecule has 25 heavy (non-hydrogen) atoms. The van der Waals surface area contributed by atoms with E-state index in [2.05, 4.69) is 15.5 Å². The van der Waals surface area contributed by atoms with Gasteiger partial charge >= 0.3 is 0 Å². The lowest BCUT2D eigenvalue weighted by Crippen LogP contribution is -2.47. The molecule has 0 saturated carbocycles. The molecule has 10 heteroatoms. The lowest BCUT2D eigenvalue weighted by atomic mass is 10.1. The molecule has 0 aliphatic rings. The Morgan fingerprint density at radius 3 is 2.44 bits per heavy atom. The fourth-order valence-electron chi connectivity index (χ4n) is 2.28. The molecule has 0 saturated heterocycles. The normalized spacial score (nSPS) is 12.6. The van der Waals surface area contributed by atoms with Gasteiger partial charge in [-0.3, -0.25) is 14.4 Å². The number of nitrogens with one attached hydrogen (secondary N) is 1. The second kappa shape index (κ2) is 8.15. The number of carbonyl (C=O) groups is 1. The Bertz CT molecular complexity index is 834. The quantitative estimate of drug-likeness (QED) is 0.567. The fourth-order valence-corrected chi connectivity index (χ4v) is 4.67. The maximum Gasteiger partial charge on any atom is 0.250 e. The van der Waals surface area contributed by atoms with E-state index >= 15 is 0 Å². The number of aryl methyl sites for hydroxylation is 1. The SMILES string of the molecule is CCC(C(=O)Nc1nnc(SC)s1)N(c1ccc(C)cc1)S(C)(=O)=O. The second-order valence-electron chi connectivity index (χ2n) is 5.38. The molecular weight excluding hydrogens is 380 g/mol. The van der Waals surface area contributed by atoms with Crippen LogP contribution in [0.25, 0.3) is 0 Å². The molecule has 1 atom stereocenters. The highest BCUT2D eigenvalue weighted by Gasteiger charge is 2.32. The smallest absolute Gasteiger partial charge is 0.250 e. The Labute approximate surface area is 155 Å². The van der Waals surface area contributed by atoms with E-state index in [-0.39, 0.29) is 0 Å². The minimum Gasteiger partial charge on any atom is -0.299 e. The van der Waals surface area contributed by atoms with Gasteiger partial charge in [-0.15, -0.1) is 10.2 Å². The van der Waals surface area contributed by atoms with Gasteiger partial charge in [0.2, 0.25) is 21.1 Å². The van der Waals surface area contributed by atoms with Crippen LogP contribution in [0.3, 0.4) is 0 Å². The first kappa shape index (κ1) is 19.7. The number of aromatic nitrogens is 2. The van der Waals surface area contributed by atoms with Crippen molar-refractivity contribution in [1.29, 1.82) is 0 Å². The first-order valence-corrected chi connectivity index (χ1v) is 11.4. The molecule has 1 aromatic heterocycles. The lowest BCUT2D eigenvalue weighted by molar-refractivity contribution is -0.117. The standard InChI is InChI=1S/C15H20N4O3S3/c1-5-12(13(20)16-14-17-18-15(23-3)24-14)19(25(4,21)22)11-8-6-10(2)7-9-11/h6-9,12H,5H2,1-4H3,(H,16,17,20). The van der Waals surface area contributed by atoms with Gasteiger partial charge in [-0.25, -0.2) is 8.42 Å². The predicted molar refractivity (Wildman–Crippen MR) is 103 cm³/mol. The number of carbonyl (C=O) groups excluding carboxylic acids is 1. The van der Waals surface area contributed by atoms with Crippen molar-refractivity contribution in [3.63, 3.8) is 0 Å². The zero-order valence-corrected chi connectivity index (χ0v) is 16.8. The highest BCUT2D eigenvalue weighted by Crippen LogP contribution is 2.26. The Balaban J connectivity index is 2.32. The van der Waals surface area contributed by atoms with Crippen LogP contribution in [0.5, 0.6) is 0 Å². The van der Waals surface area contributed by atoms with Gasteiger partial charge < -0.3 is 0 Å². The molecule has 0 spiro atoms. The zero-order chi connectivity index (χ0) is 18.6. The third-order valence-electron chi connectivity index (χ3n) is 3.43. The summed E-state index contributed by atoms with van der Waals surface area (Å²) in [4.78, 5) is 12.7. The molecule has 1 aromatic carbocycles. The Hall–Kier alpha value is -1.65. The van der Waals surface area contributed by atoms with E-state index in [0.29, 0.717) is 17.2 Å². The molecular formula is C15H20N4O3S3. The third kappa shape index (κ3) is 4.93. The molecule has 2 rings (SSSR count). The van der Waals surface area contributed by atoms with E-state index in [1.54, 1.807) is 19.1 Å². The van der Waals surface area contributed by atoms with Gasteiger partial charge in [-0.1, -0.05) is 47.7 Å². The summed E-state index contributed by atoms with van der Waals surface area (Å²) in [5, 5.41) is 10.8.